The first-order chi connectivity index (χ1) is 38.1. The normalized spacial score (nSPS) is 28.0. The van der Waals surface area contributed by atoms with Crippen LogP contribution in [0.3, 0.4) is 0 Å². The van der Waals surface area contributed by atoms with Crippen molar-refractivity contribution in [3.8, 4) is 11.5 Å². The van der Waals surface area contributed by atoms with Crippen LogP contribution >= 0.6 is 0 Å². The van der Waals surface area contributed by atoms with Gasteiger partial charge in [0, 0.05) is 38.3 Å². The van der Waals surface area contributed by atoms with Crippen LogP contribution in [0.5, 0.6) is 11.5 Å². The lowest BCUT2D eigenvalue weighted by atomic mass is 9.96. The molecular formula is C51H82N8O21S. The maximum atomic E-state index is 14.6. The number of unbranched alkanes of at least 4 members (excludes halogenated alkanes) is 12. The average molecular weight is 1180 g/mol. The number of nitrogens with zero attached hydrogens (tertiary/aromatic N) is 2. The molecule has 8 amide bonds. The maximum Gasteiger partial charge on any atom is 0.446 e. The van der Waals surface area contributed by atoms with E-state index >= 15 is 0 Å². The Hall–Kier alpha value is -5.83. The summed E-state index contributed by atoms with van der Waals surface area (Å²) in [6.07, 6.45) is -6.43. The number of carbonyl (C=O) groups is 8. The molecule has 0 unspecified atom stereocenters. The highest BCUT2D eigenvalue weighted by atomic mass is 32.3. The van der Waals surface area contributed by atoms with Gasteiger partial charge in [-0.25, -0.2) is 0 Å². The Morgan fingerprint density at radius 1 is 0.741 bits per heavy atom. The molecule has 30 heteroatoms. The number of hydrogen-bond acceptors (Lipinski definition) is 20. The van der Waals surface area contributed by atoms with E-state index in [9.17, 15) is 97.3 Å². The molecule has 1 aromatic rings. The van der Waals surface area contributed by atoms with Crippen LogP contribution in [0.4, 0.5) is 0 Å². The van der Waals surface area contributed by atoms with E-state index in [0.717, 1.165) is 51.2 Å². The predicted molar refractivity (Wildman–Crippen MR) is 282 cm³/mol. The summed E-state index contributed by atoms with van der Waals surface area (Å²) < 4.78 is 36.6. The fourth-order valence-electron chi connectivity index (χ4n) is 10.1. The van der Waals surface area contributed by atoms with E-state index in [1.165, 1.54) is 45.4 Å². The molecule has 3 aliphatic heterocycles. The van der Waals surface area contributed by atoms with Gasteiger partial charge in [-0.15, -0.1) is 0 Å². The van der Waals surface area contributed by atoms with Crippen molar-refractivity contribution in [3.05, 3.63) is 23.8 Å². The van der Waals surface area contributed by atoms with Crippen LogP contribution in [0.15, 0.2) is 18.2 Å². The van der Waals surface area contributed by atoms with Gasteiger partial charge in [0.15, 0.2) is 17.7 Å². The van der Waals surface area contributed by atoms with E-state index in [-0.39, 0.29) is 6.42 Å². The van der Waals surface area contributed by atoms with Crippen LogP contribution in [0, 0.1) is 5.92 Å². The van der Waals surface area contributed by atoms with Crippen molar-refractivity contribution in [2.75, 3.05) is 13.1 Å². The summed E-state index contributed by atoms with van der Waals surface area (Å²) in [5.74, 6) is -13.3. The number of primary amides is 1. The van der Waals surface area contributed by atoms with Crippen molar-refractivity contribution in [1.82, 2.24) is 36.4 Å². The van der Waals surface area contributed by atoms with Crippen LogP contribution < -0.4 is 36.5 Å². The van der Waals surface area contributed by atoms with Gasteiger partial charge in [-0.05, 0) is 31.0 Å². The number of aliphatic hydroxyl groups excluding tert-OH is 8. The second-order valence-corrected chi connectivity index (χ2v) is 22.3. The van der Waals surface area contributed by atoms with Gasteiger partial charge in [-0.3, -0.25) is 42.9 Å². The fraction of sp³-hybridized carbons (Fsp3) is 0.725. The number of carbonyl (C=O) groups excluding carboxylic acids is 8. The molecule has 17 N–H and O–H groups in total. The van der Waals surface area contributed by atoms with Crippen molar-refractivity contribution in [3.63, 3.8) is 0 Å². The zero-order valence-electron chi connectivity index (χ0n) is 45.7. The fourth-order valence-corrected chi connectivity index (χ4v) is 10.4. The molecule has 0 saturated carbocycles. The molecule has 0 bridgehead atoms. The first-order valence-corrected chi connectivity index (χ1v) is 28.8. The second-order valence-electron chi connectivity index (χ2n) is 21.3. The Kier molecular flexibility index (Phi) is 26.4. The van der Waals surface area contributed by atoms with Gasteiger partial charge in [-0.2, -0.15) is 8.42 Å². The number of fused-ring (bicyclic) bond motifs is 2. The second kappa shape index (κ2) is 31.6. The predicted octanol–water partition coefficient (Wildman–Crippen LogP) is -3.63. The number of amides is 8. The minimum absolute atomic E-state index is 0.114. The lowest BCUT2D eigenvalue weighted by Crippen LogP contribution is -2.64. The number of phenolic OH excluding ortho intramolecular Hbond substituents is 1. The van der Waals surface area contributed by atoms with Gasteiger partial charge in [0.1, 0.15) is 54.6 Å². The third-order valence-corrected chi connectivity index (χ3v) is 15.0. The zero-order chi connectivity index (χ0) is 60.5. The number of rotatable bonds is 24. The van der Waals surface area contributed by atoms with Gasteiger partial charge in [-0.1, -0.05) is 97.0 Å². The van der Waals surface area contributed by atoms with E-state index in [2.05, 4.69) is 27.1 Å². The molecule has 1 aromatic carbocycles. The van der Waals surface area contributed by atoms with Crippen molar-refractivity contribution >= 4 is 57.7 Å². The number of nitrogens with one attached hydrogen (secondary N) is 5. The van der Waals surface area contributed by atoms with E-state index in [4.69, 9.17) is 5.73 Å². The summed E-state index contributed by atoms with van der Waals surface area (Å²) in [5, 5.41) is 111. The number of benzene rings is 1. The van der Waals surface area contributed by atoms with Crippen molar-refractivity contribution in [1.29, 1.82) is 0 Å². The van der Waals surface area contributed by atoms with Crippen molar-refractivity contribution < 1.29 is 101 Å². The van der Waals surface area contributed by atoms with E-state index in [0.29, 0.717) is 28.7 Å². The average Bonchev–Trinajstić information content (AvgIpc) is 3.94. The van der Waals surface area contributed by atoms with Crippen LogP contribution in [0.1, 0.15) is 142 Å². The van der Waals surface area contributed by atoms with Gasteiger partial charge in [0.05, 0.1) is 30.8 Å². The van der Waals surface area contributed by atoms with E-state index in [1.807, 2.05) is 10.6 Å². The molecule has 15 atom stereocenters. The third kappa shape index (κ3) is 19.9. The summed E-state index contributed by atoms with van der Waals surface area (Å²) >= 11 is 0. The summed E-state index contributed by atoms with van der Waals surface area (Å²) in [6.45, 7) is 3.39. The standard InChI is InChI=1S/C51H82N8O21S/c1-4-5-6-7-8-9-10-11-12-13-14-15-16-17-37(66)53-30-22-34(64)47(72)57-49(74)41-42(67)26(2)24-59(41)51(76)39(33(63)23-36(52)65)55-48(73)40(44(69)43(68)28-18-19-32(62)35(20-28)80-81(77,78)79)56-46(71)31-21-29(61)25-58(31)50(75)38(27(3)60)54-45(30)70/h18-20,26-27,29-31,33-34,38-44,47,60-64,67-69,72H,4-17,21-25H2,1-3H3,(H2,52,65)(H,53,66)(H,54,70)(H,55,73)(H,56,71)(H,57,74)(H,77,78,79)/t26-,27-,29+,30-,31-,33-,34-,38-,39-,40-,41-,42-,43+,44+,47+/m0/s1. The Morgan fingerprint density at radius 3 is 1.86 bits per heavy atom. The lowest BCUT2D eigenvalue weighted by molar-refractivity contribution is -0.149. The molecule has 81 heavy (non-hydrogen) atoms. The van der Waals surface area contributed by atoms with Gasteiger partial charge < -0.3 is 92.3 Å². The van der Waals surface area contributed by atoms with Gasteiger partial charge >= 0.3 is 10.4 Å². The molecule has 29 nitrogen and oxygen atoms in total. The highest BCUT2D eigenvalue weighted by Gasteiger charge is 2.51. The number of aromatic hydroxyl groups is 1. The summed E-state index contributed by atoms with van der Waals surface area (Å²) in [6, 6.07) is -10.5. The molecule has 3 fully saturated rings. The first-order valence-electron chi connectivity index (χ1n) is 27.4. The molecular weight excluding hydrogens is 1090 g/mol. The smallest absolute Gasteiger partial charge is 0.446 e. The topological polar surface area (TPSA) is 475 Å². The minimum atomic E-state index is -5.33. The minimum Gasteiger partial charge on any atom is -0.504 e. The van der Waals surface area contributed by atoms with Gasteiger partial charge in [0.25, 0.3) is 0 Å². The summed E-state index contributed by atoms with van der Waals surface area (Å²) in [4.78, 5) is 113. The summed E-state index contributed by atoms with van der Waals surface area (Å²) in [7, 11) is -5.33. The summed E-state index contributed by atoms with van der Waals surface area (Å²) in [5.41, 5.74) is 4.75. The first kappa shape index (κ1) is 67.7. The van der Waals surface area contributed by atoms with Gasteiger partial charge in [0.2, 0.25) is 47.3 Å². The van der Waals surface area contributed by atoms with E-state index < -0.39 is 198 Å². The monoisotopic (exact) mass is 1170 g/mol. The van der Waals surface area contributed by atoms with Crippen molar-refractivity contribution in [2.45, 2.75) is 215 Å². The number of aliphatic hydroxyl groups is 8. The molecule has 0 aliphatic carbocycles. The molecule has 3 saturated heterocycles. The largest absolute Gasteiger partial charge is 0.504 e. The molecule has 0 aromatic heterocycles. The van der Waals surface area contributed by atoms with Crippen LogP contribution in [0.2, 0.25) is 0 Å². The van der Waals surface area contributed by atoms with Crippen LogP contribution in [0.25, 0.3) is 0 Å². The highest BCUT2D eigenvalue weighted by molar-refractivity contribution is 7.81. The Balaban J connectivity index is 1.74. The Labute approximate surface area is 469 Å². The Morgan fingerprint density at radius 2 is 1.30 bits per heavy atom. The highest BCUT2D eigenvalue weighted by Crippen LogP contribution is 2.33. The maximum absolute atomic E-state index is 14.6. The SMILES string of the molecule is CCCCCCCCCCCCCCCC(=O)N[C@H]1C[C@H](O)[C@@H](O)NC(=O)[C@@H]2[C@@H](O)[C@@H](C)CN2C(=O)[C@H]([C@@H](O)CC(N)=O)NC(=O)[C@H]([C@@H](O)[C@H](O)c2ccc(O)c(OS(=O)(=O)O)c2)NC(=O)[C@@H]2C[C@@H](O)CN2C(=O)[C@H]([C@H](C)O)NC1=O. The quantitative estimate of drug-likeness (QED) is 0.0351. The van der Waals surface area contributed by atoms with Crippen molar-refractivity contribution in [2.24, 2.45) is 11.7 Å². The van der Waals surface area contributed by atoms with Crippen LogP contribution in [-0.2, 0) is 48.8 Å². The molecule has 458 valence electrons. The number of phenols is 1. The molecule has 0 spiro atoms. The zero-order valence-corrected chi connectivity index (χ0v) is 46.5. The lowest BCUT2D eigenvalue weighted by Gasteiger charge is -2.34. The molecule has 3 aliphatic rings. The van der Waals surface area contributed by atoms with Crippen LogP contribution in [-0.4, -0.2) is 208 Å². The third-order valence-electron chi connectivity index (χ3n) is 14.6. The molecule has 3 heterocycles. The van der Waals surface area contributed by atoms with E-state index in [1.54, 1.807) is 0 Å². The Bertz CT molecular complexity index is 2440. The number of nitrogens with two attached hydrogens (primary N) is 1. The number of hydrogen-bond donors (Lipinski definition) is 16. The molecule has 0 radical (unpaired) electrons. The molecule has 4 rings (SSSR count).